The number of halogens is 1. The van der Waals surface area contributed by atoms with E-state index in [0.717, 1.165) is 34.4 Å². The van der Waals surface area contributed by atoms with Crippen molar-refractivity contribution >= 4 is 39.8 Å². The Morgan fingerprint density at radius 1 is 1.06 bits per heavy atom. The monoisotopic (exact) mass is 457 g/mol. The number of aliphatic imine (C=N–C) groups is 1. The van der Waals surface area contributed by atoms with E-state index in [1.165, 1.54) is 16.6 Å². The molecule has 3 heterocycles. The molecule has 2 aliphatic heterocycles. The molecule has 0 bridgehead atoms. The van der Waals surface area contributed by atoms with Gasteiger partial charge in [-0.3, -0.25) is 10.2 Å². The molecule has 3 aromatic rings. The number of benzene rings is 2. The van der Waals surface area contributed by atoms with Crippen LogP contribution in [0.1, 0.15) is 28.1 Å². The number of nitrogens with zero attached hydrogens (tertiary/aromatic N) is 4. The first-order valence-corrected chi connectivity index (χ1v) is 11.2. The average molecular weight is 458 g/mol. The van der Waals surface area contributed by atoms with Gasteiger partial charge in [-0.1, -0.05) is 29.8 Å². The van der Waals surface area contributed by atoms with Gasteiger partial charge in [-0.15, -0.1) is 0 Å². The Labute approximate surface area is 194 Å². The molecule has 0 unspecified atom stereocenters. The Morgan fingerprint density at radius 2 is 1.79 bits per heavy atom. The van der Waals surface area contributed by atoms with E-state index in [1.807, 2.05) is 26.8 Å². The molecule has 0 atom stereocenters. The summed E-state index contributed by atoms with van der Waals surface area (Å²) in [7, 11) is 0. The van der Waals surface area contributed by atoms with Crippen LogP contribution in [0, 0.1) is 32.0 Å². The zero-order chi connectivity index (χ0) is 23.3. The molecule has 0 radical (unpaired) electrons. The van der Waals surface area contributed by atoms with Crippen LogP contribution in [-0.2, 0) is 4.79 Å². The van der Waals surface area contributed by atoms with Crippen molar-refractivity contribution in [2.45, 2.75) is 20.8 Å². The number of nitrogens with one attached hydrogen (secondary N) is 1. The molecule has 1 N–H and O–H groups in total. The lowest BCUT2D eigenvalue weighted by Crippen LogP contribution is -2.35. The Kier molecular flexibility index (Phi) is 5.09. The zero-order valence-corrected chi connectivity index (χ0v) is 19.1. The highest BCUT2D eigenvalue weighted by atomic mass is 32.2. The lowest BCUT2D eigenvalue weighted by atomic mass is 10.1. The topological polar surface area (TPSA) is 73.8 Å². The van der Waals surface area contributed by atoms with Crippen molar-refractivity contribution in [3.63, 3.8) is 0 Å². The fourth-order valence-corrected chi connectivity index (χ4v) is 4.83. The van der Waals surface area contributed by atoms with Crippen LogP contribution in [0.3, 0.4) is 0 Å². The van der Waals surface area contributed by atoms with Crippen molar-refractivity contribution in [1.82, 2.24) is 9.58 Å². The minimum atomic E-state index is -0.510. The van der Waals surface area contributed by atoms with Crippen molar-refractivity contribution in [1.29, 1.82) is 5.41 Å². The number of amides is 1. The summed E-state index contributed by atoms with van der Waals surface area (Å²) < 4.78 is 16.3. The van der Waals surface area contributed by atoms with Crippen LogP contribution in [0.5, 0.6) is 0 Å². The SMILES string of the molecule is Cc1ccc(-n2c(C)cc(/C=C3/C(=N)N4N=C(c5ccccc5F)SC4=NC3=O)c2C)cc1. The number of carbonyl (C=O) groups is 1. The number of rotatable bonds is 3. The third-order valence-electron chi connectivity index (χ3n) is 5.62. The van der Waals surface area contributed by atoms with E-state index in [1.54, 1.807) is 24.3 Å². The molecule has 33 heavy (non-hydrogen) atoms. The highest BCUT2D eigenvalue weighted by Crippen LogP contribution is 2.32. The summed E-state index contributed by atoms with van der Waals surface area (Å²) in [5, 5.41) is 14.9. The maximum absolute atomic E-state index is 14.2. The minimum absolute atomic E-state index is 0.0796. The molecular weight excluding hydrogens is 437 g/mol. The number of hydrazone groups is 1. The zero-order valence-electron chi connectivity index (χ0n) is 18.3. The van der Waals surface area contributed by atoms with Gasteiger partial charge in [-0.2, -0.15) is 15.1 Å². The van der Waals surface area contributed by atoms with Gasteiger partial charge < -0.3 is 4.57 Å². The molecule has 5 rings (SSSR count). The van der Waals surface area contributed by atoms with E-state index in [4.69, 9.17) is 5.41 Å². The smallest absolute Gasteiger partial charge is 0.283 e. The third kappa shape index (κ3) is 3.62. The van der Waals surface area contributed by atoms with Crippen molar-refractivity contribution in [2.24, 2.45) is 10.1 Å². The van der Waals surface area contributed by atoms with E-state index in [-0.39, 0.29) is 16.6 Å². The van der Waals surface area contributed by atoms with Gasteiger partial charge in [-0.25, -0.2) is 4.39 Å². The Balaban J connectivity index is 1.52. The molecule has 0 aliphatic carbocycles. The summed E-state index contributed by atoms with van der Waals surface area (Å²) >= 11 is 1.08. The molecular formula is C25H20FN5OS. The molecule has 164 valence electrons. The number of amidine groups is 2. The Morgan fingerprint density at radius 3 is 2.52 bits per heavy atom. The first-order valence-electron chi connectivity index (χ1n) is 10.3. The van der Waals surface area contributed by atoms with E-state index < -0.39 is 11.7 Å². The number of carbonyl (C=O) groups excluding carboxylic acids is 1. The minimum Gasteiger partial charge on any atom is -0.318 e. The second-order valence-electron chi connectivity index (χ2n) is 7.90. The summed E-state index contributed by atoms with van der Waals surface area (Å²) in [5.74, 6) is -1.01. The van der Waals surface area contributed by atoms with Gasteiger partial charge in [0.25, 0.3) is 5.91 Å². The molecule has 0 saturated carbocycles. The lowest BCUT2D eigenvalue weighted by molar-refractivity contribution is -0.114. The van der Waals surface area contributed by atoms with Crippen molar-refractivity contribution in [3.05, 3.63) is 94.1 Å². The number of aryl methyl sites for hydroxylation is 2. The van der Waals surface area contributed by atoms with Crippen LogP contribution in [-0.4, -0.2) is 31.5 Å². The maximum Gasteiger partial charge on any atom is 0.283 e. The molecule has 2 aliphatic rings. The highest BCUT2D eigenvalue weighted by Gasteiger charge is 2.36. The molecule has 0 spiro atoms. The highest BCUT2D eigenvalue weighted by molar-refractivity contribution is 8.27. The van der Waals surface area contributed by atoms with Gasteiger partial charge in [0.2, 0.25) is 5.17 Å². The predicted molar refractivity (Wildman–Crippen MR) is 130 cm³/mol. The standard InChI is InChI=1S/C25H20FN5OS/c1-14-8-10-18(11-9-14)30-15(2)12-17(16(30)3)13-20-22(27)31-25(28-23(20)32)33-24(29-31)19-6-4-5-7-21(19)26/h4-13,27H,1-3H3/b20-13-,27-22?. The summed E-state index contributed by atoms with van der Waals surface area (Å²) in [4.78, 5) is 16.9. The molecule has 0 saturated heterocycles. The Hall–Kier alpha value is -3.78. The quantitative estimate of drug-likeness (QED) is 0.549. The lowest BCUT2D eigenvalue weighted by Gasteiger charge is -2.20. The molecule has 1 aromatic heterocycles. The first kappa shape index (κ1) is 21.1. The van der Waals surface area contributed by atoms with Gasteiger partial charge in [0.1, 0.15) is 10.9 Å². The van der Waals surface area contributed by atoms with Gasteiger partial charge >= 0.3 is 0 Å². The van der Waals surface area contributed by atoms with E-state index in [9.17, 15) is 9.18 Å². The van der Waals surface area contributed by atoms with E-state index >= 15 is 0 Å². The average Bonchev–Trinajstić information content (AvgIpc) is 3.33. The van der Waals surface area contributed by atoms with Crippen LogP contribution >= 0.6 is 11.8 Å². The second kappa shape index (κ2) is 7.97. The van der Waals surface area contributed by atoms with Gasteiger partial charge in [0.15, 0.2) is 5.84 Å². The molecule has 6 nitrogen and oxygen atoms in total. The number of fused-ring (bicyclic) bond motifs is 1. The summed E-state index contributed by atoms with van der Waals surface area (Å²) in [6.07, 6.45) is 1.68. The molecule has 2 aromatic carbocycles. The Bertz CT molecular complexity index is 1420. The van der Waals surface area contributed by atoms with Gasteiger partial charge in [0, 0.05) is 22.6 Å². The van der Waals surface area contributed by atoms with Crippen molar-refractivity contribution < 1.29 is 9.18 Å². The van der Waals surface area contributed by atoms with Gasteiger partial charge in [-0.05, 0) is 74.5 Å². The molecule has 1 amide bonds. The van der Waals surface area contributed by atoms with Crippen LogP contribution in [0.4, 0.5) is 4.39 Å². The summed E-state index contributed by atoms with van der Waals surface area (Å²) in [5.41, 5.74) is 5.45. The van der Waals surface area contributed by atoms with E-state index in [2.05, 4.69) is 38.9 Å². The summed E-state index contributed by atoms with van der Waals surface area (Å²) in [6, 6.07) is 16.5. The number of hydrogen-bond acceptors (Lipinski definition) is 4. The fourth-order valence-electron chi connectivity index (χ4n) is 3.92. The van der Waals surface area contributed by atoms with Crippen LogP contribution in [0.15, 0.2) is 70.3 Å². The first-order chi connectivity index (χ1) is 15.8. The normalized spacial score (nSPS) is 16.8. The third-order valence-corrected chi connectivity index (χ3v) is 6.56. The molecule has 8 heteroatoms. The predicted octanol–water partition coefficient (Wildman–Crippen LogP) is 5.21. The van der Waals surface area contributed by atoms with Crippen molar-refractivity contribution in [3.8, 4) is 5.69 Å². The van der Waals surface area contributed by atoms with E-state index in [0.29, 0.717) is 10.6 Å². The number of thioether (sulfide) groups is 1. The summed E-state index contributed by atoms with van der Waals surface area (Å²) in [6.45, 7) is 6.02. The fraction of sp³-hybridized carbons (Fsp3) is 0.120. The van der Waals surface area contributed by atoms with Crippen LogP contribution < -0.4 is 0 Å². The van der Waals surface area contributed by atoms with Crippen LogP contribution in [0.25, 0.3) is 11.8 Å². The maximum atomic E-state index is 14.2. The van der Waals surface area contributed by atoms with Crippen LogP contribution in [0.2, 0.25) is 0 Å². The number of hydrogen-bond donors (Lipinski definition) is 1. The molecule has 0 fully saturated rings. The number of aromatic nitrogens is 1. The van der Waals surface area contributed by atoms with Gasteiger partial charge in [0.05, 0.1) is 5.57 Å². The van der Waals surface area contributed by atoms with Crippen molar-refractivity contribution in [2.75, 3.05) is 0 Å². The second-order valence-corrected chi connectivity index (χ2v) is 8.86. The largest absolute Gasteiger partial charge is 0.318 e.